The van der Waals surface area contributed by atoms with Gasteiger partial charge in [-0.25, -0.2) is 0 Å². The van der Waals surface area contributed by atoms with Gasteiger partial charge in [0.25, 0.3) is 5.91 Å². The number of hydrogen-bond acceptors (Lipinski definition) is 6. The Labute approximate surface area is 226 Å². The Morgan fingerprint density at radius 2 is 1.74 bits per heavy atom. The minimum atomic E-state index is -0.612. The Kier molecular flexibility index (Phi) is 9.15. The second kappa shape index (κ2) is 12.5. The van der Waals surface area contributed by atoms with Crippen molar-refractivity contribution in [3.05, 3.63) is 53.1 Å². The summed E-state index contributed by atoms with van der Waals surface area (Å²) in [6.07, 6.45) is 5.87. The number of carbonyl (C=O) groups is 2. The van der Waals surface area contributed by atoms with Gasteiger partial charge in [0.05, 0.1) is 33.3 Å². The molecule has 1 N–H and O–H groups in total. The molecule has 0 spiro atoms. The van der Waals surface area contributed by atoms with Crippen LogP contribution >= 0.6 is 0 Å². The van der Waals surface area contributed by atoms with Crippen molar-refractivity contribution in [3.8, 4) is 17.2 Å². The molecule has 0 radical (unpaired) electrons. The van der Waals surface area contributed by atoms with Gasteiger partial charge in [-0.1, -0.05) is 25.5 Å². The molecule has 2 heterocycles. The molecule has 3 atom stereocenters. The fraction of sp³-hybridized carbons (Fsp3) is 0.533. The minimum Gasteiger partial charge on any atom is -0.497 e. The molecule has 2 amide bonds. The highest BCUT2D eigenvalue weighted by Gasteiger charge is 2.43. The van der Waals surface area contributed by atoms with Gasteiger partial charge >= 0.3 is 0 Å². The molecule has 4 rings (SSSR count). The van der Waals surface area contributed by atoms with Gasteiger partial charge in [0, 0.05) is 31.7 Å². The Bertz CT molecular complexity index is 1120. The van der Waals surface area contributed by atoms with Crippen molar-refractivity contribution in [3.63, 3.8) is 0 Å². The van der Waals surface area contributed by atoms with Gasteiger partial charge in [-0.05, 0) is 67.6 Å². The van der Waals surface area contributed by atoms with E-state index in [0.717, 1.165) is 30.8 Å². The summed E-state index contributed by atoms with van der Waals surface area (Å²) in [6, 6.07) is 11.2. The van der Waals surface area contributed by atoms with Crippen LogP contribution in [0.4, 0.5) is 0 Å². The standard InChI is InChI=1S/C30H41N3O5/c1-6-21-10-7-8-16-33(21)17-9-15-31-29(34)27-23-18-25(37-4)26(38-5)19-24(23)30(35)32(2)28(27)20-11-13-22(36-3)14-12-20/h11-14,18-19,21,27-28H,6-10,15-17H2,1-5H3,(H,31,34). The third-order valence-corrected chi connectivity index (χ3v) is 8.06. The fourth-order valence-corrected chi connectivity index (χ4v) is 5.97. The number of piperidine rings is 1. The molecule has 1 fully saturated rings. The van der Waals surface area contributed by atoms with Gasteiger partial charge in [0.15, 0.2) is 11.5 Å². The highest BCUT2D eigenvalue weighted by molar-refractivity contribution is 6.02. The van der Waals surface area contributed by atoms with Crippen LogP contribution in [0.1, 0.15) is 72.5 Å². The quantitative estimate of drug-likeness (QED) is 0.465. The SMILES string of the molecule is CCC1CCCCN1CCCNC(=O)C1c2cc(OC)c(OC)cc2C(=O)N(C)C1c1ccc(OC)cc1. The maximum Gasteiger partial charge on any atom is 0.254 e. The number of likely N-dealkylation sites (N-methyl/N-ethyl adjacent to an activating group) is 1. The molecule has 2 aromatic carbocycles. The average molecular weight is 524 g/mol. The summed E-state index contributed by atoms with van der Waals surface area (Å²) >= 11 is 0. The Morgan fingerprint density at radius 3 is 2.39 bits per heavy atom. The molecule has 2 aromatic rings. The van der Waals surface area contributed by atoms with Crippen molar-refractivity contribution >= 4 is 11.8 Å². The maximum absolute atomic E-state index is 13.9. The summed E-state index contributed by atoms with van der Waals surface area (Å²) in [5, 5.41) is 3.19. The Balaban J connectivity index is 1.61. The molecule has 2 aliphatic rings. The summed E-state index contributed by atoms with van der Waals surface area (Å²) in [4.78, 5) is 31.6. The van der Waals surface area contributed by atoms with Crippen LogP contribution in [0.25, 0.3) is 0 Å². The van der Waals surface area contributed by atoms with Gasteiger partial charge in [0.2, 0.25) is 5.91 Å². The zero-order valence-corrected chi connectivity index (χ0v) is 23.3. The smallest absolute Gasteiger partial charge is 0.254 e. The van der Waals surface area contributed by atoms with E-state index in [-0.39, 0.29) is 11.8 Å². The van der Waals surface area contributed by atoms with E-state index in [1.807, 2.05) is 24.3 Å². The molecule has 3 unspecified atom stereocenters. The van der Waals surface area contributed by atoms with Crippen LogP contribution in [0, 0.1) is 0 Å². The number of likely N-dealkylation sites (tertiary alicyclic amines) is 1. The molecule has 0 bridgehead atoms. The van der Waals surface area contributed by atoms with Crippen molar-refractivity contribution < 1.29 is 23.8 Å². The Hall–Kier alpha value is -3.26. The van der Waals surface area contributed by atoms with Crippen LogP contribution in [-0.4, -0.2) is 75.7 Å². The number of nitrogens with one attached hydrogen (secondary N) is 1. The number of fused-ring (bicyclic) bond motifs is 1. The molecule has 8 nitrogen and oxygen atoms in total. The normalized spacial score (nSPS) is 21.6. The highest BCUT2D eigenvalue weighted by Crippen LogP contribution is 2.45. The average Bonchev–Trinajstić information content (AvgIpc) is 2.96. The third kappa shape index (κ3) is 5.60. The minimum absolute atomic E-state index is 0.107. The van der Waals surface area contributed by atoms with Gasteiger partial charge in [-0.2, -0.15) is 0 Å². The molecular weight excluding hydrogens is 482 g/mol. The van der Waals surface area contributed by atoms with Crippen LogP contribution in [-0.2, 0) is 4.79 Å². The lowest BCUT2D eigenvalue weighted by Crippen LogP contribution is -2.46. The van der Waals surface area contributed by atoms with E-state index in [4.69, 9.17) is 14.2 Å². The predicted octanol–water partition coefficient (Wildman–Crippen LogP) is 4.39. The number of carbonyl (C=O) groups excluding carboxylic acids is 2. The largest absolute Gasteiger partial charge is 0.497 e. The molecule has 0 aliphatic carbocycles. The van der Waals surface area contributed by atoms with E-state index < -0.39 is 12.0 Å². The maximum atomic E-state index is 13.9. The second-order valence-corrected chi connectivity index (χ2v) is 10.1. The van der Waals surface area contributed by atoms with Gasteiger partial charge in [0.1, 0.15) is 5.75 Å². The monoisotopic (exact) mass is 523 g/mol. The van der Waals surface area contributed by atoms with Crippen LogP contribution in [0.15, 0.2) is 36.4 Å². The molecule has 0 saturated carbocycles. The fourth-order valence-electron chi connectivity index (χ4n) is 5.97. The first kappa shape index (κ1) is 27.8. The predicted molar refractivity (Wildman–Crippen MR) is 147 cm³/mol. The second-order valence-electron chi connectivity index (χ2n) is 10.1. The lowest BCUT2D eigenvalue weighted by Gasteiger charge is -2.40. The number of nitrogens with zero attached hydrogens (tertiary/aromatic N) is 2. The van der Waals surface area contributed by atoms with Gasteiger partial charge < -0.3 is 29.3 Å². The summed E-state index contributed by atoms with van der Waals surface area (Å²) in [5.41, 5.74) is 1.96. The number of methoxy groups -OCH3 is 3. The van der Waals surface area contributed by atoms with E-state index in [2.05, 4.69) is 17.1 Å². The van der Waals surface area contributed by atoms with Crippen LogP contribution in [0.2, 0.25) is 0 Å². The number of rotatable bonds is 10. The van der Waals surface area contributed by atoms with Crippen molar-refractivity contribution in [1.82, 2.24) is 15.1 Å². The van der Waals surface area contributed by atoms with E-state index >= 15 is 0 Å². The number of amides is 2. The lowest BCUT2D eigenvalue weighted by molar-refractivity contribution is -0.124. The van der Waals surface area contributed by atoms with Gasteiger partial charge in [-0.15, -0.1) is 0 Å². The van der Waals surface area contributed by atoms with E-state index in [9.17, 15) is 9.59 Å². The Morgan fingerprint density at radius 1 is 1.03 bits per heavy atom. The van der Waals surface area contributed by atoms with E-state index in [1.54, 1.807) is 38.3 Å². The summed E-state index contributed by atoms with van der Waals surface area (Å²) in [7, 11) is 6.46. The summed E-state index contributed by atoms with van der Waals surface area (Å²) in [5.74, 6) is 0.784. The highest BCUT2D eigenvalue weighted by atomic mass is 16.5. The zero-order valence-electron chi connectivity index (χ0n) is 23.3. The molecular formula is C30H41N3O5. The lowest BCUT2D eigenvalue weighted by atomic mass is 9.79. The molecule has 0 aromatic heterocycles. The van der Waals surface area contributed by atoms with E-state index in [1.165, 1.54) is 32.8 Å². The van der Waals surface area contributed by atoms with Crippen LogP contribution in [0.5, 0.6) is 17.2 Å². The number of benzene rings is 2. The van der Waals surface area contributed by atoms with Crippen LogP contribution in [0.3, 0.4) is 0 Å². The molecule has 2 aliphatic heterocycles. The first-order valence-corrected chi connectivity index (χ1v) is 13.6. The van der Waals surface area contributed by atoms with Crippen LogP contribution < -0.4 is 19.5 Å². The molecule has 1 saturated heterocycles. The molecule has 38 heavy (non-hydrogen) atoms. The summed E-state index contributed by atoms with van der Waals surface area (Å²) < 4.78 is 16.3. The third-order valence-electron chi connectivity index (χ3n) is 8.06. The summed E-state index contributed by atoms with van der Waals surface area (Å²) in [6.45, 7) is 4.95. The first-order chi connectivity index (χ1) is 18.4. The van der Waals surface area contributed by atoms with Crippen molar-refractivity contribution in [2.24, 2.45) is 0 Å². The number of hydrogen-bond donors (Lipinski definition) is 1. The number of ether oxygens (including phenoxy) is 3. The van der Waals surface area contributed by atoms with Crippen molar-refractivity contribution in [2.45, 2.75) is 57.0 Å². The van der Waals surface area contributed by atoms with Crippen molar-refractivity contribution in [2.75, 3.05) is 48.0 Å². The molecule has 8 heteroatoms. The zero-order chi connectivity index (χ0) is 27.2. The molecule has 206 valence electrons. The van der Waals surface area contributed by atoms with Crippen molar-refractivity contribution in [1.29, 1.82) is 0 Å². The van der Waals surface area contributed by atoms with E-state index in [0.29, 0.717) is 35.2 Å². The first-order valence-electron chi connectivity index (χ1n) is 13.6. The topological polar surface area (TPSA) is 80.3 Å². The van der Waals surface area contributed by atoms with Gasteiger partial charge in [-0.3, -0.25) is 9.59 Å².